The molecule has 0 aromatic heterocycles. The molecule has 3 heteroatoms. The van der Waals surface area contributed by atoms with Crippen molar-refractivity contribution in [3.8, 4) is 0 Å². The summed E-state index contributed by atoms with van der Waals surface area (Å²) < 4.78 is 3.41. The zero-order valence-electron chi connectivity index (χ0n) is 6.07. The molecule has 0 atom stereocenters. The van der Waals surface area contributed by atoms with Gasteiger partial charge in [-0.2, -0.15) is 0 Å². The van der Waals surface area contributed by atoms with Crippen LogP contribution in [0.5, 0.6) is 0 Å². The highest BCUT2D eigenvalue weighted by molar-refractivity contribution is 7.98. The fourth-order valence-electron chi connectivity index (χ4n) is 0.727. The zero-order chi connectivity index (χ0) is 8.10. The summed E-state index contributed by atoms with van der Waals surface area (Å²) in [4.78, 5) is 10.8. The second-order valence-corrected chi connectivity index (χ2v) is 2.84. The van der Waals surface area contributed by atoms with Gasteiger partial charge in [0.2, 0.25) is 6.08 Å². The molecular formula is C8H7NOS. The number of isocyanates is 1. The molecule has 0 saturated carbocycles. The number of nitrogens with zero attached hydrogens (tertiary/aromatic N) is 1. The summed E-state index contributed by atoms with van der Waals surface area (Å²) in [5.41, 5.74) is 1.12. The van der Waals surface area contributed by atoms with E-state index >= 15 is 0 Å². The largest absolute Gasteiger partial charge is 0.247 e. The van der Waals surface area contributed by atoms with E-state index in [4.69, 9.17) is 0 Å². The molecular weight excluding hydrogens is 158 g/mol. The van der Waals surface area contributed by atoms with Crippen LogP contribution < -0.4 is 0 Å². The van der Waals surface area contributed by atoms with Gasteiger partial charge < -0.3 is 0 Å². The highest BCUT2D eigenvalue weighted by atomic mass is 32.2. The molecule has 0 radical (unpaired) electrons. The number of benzene rings is 1. The highest BCUT2D eigenvalue weighted by Crippen LogP contribution is 2.21. The average molecular weight is 165 g/mol. The van der Waals surface area contributed by atoms with Gasteiger partial charge in [0.05, 0.1) is 0 Å². The summed E-state index contributed by atoms with van der Waals surface area (Å²) >= 11 is 1.15. The zero-order valence-corrected chi connectivity index (χ0v) is 6.89. The van der Waals surface area contributed by atoms with Gasteiger partial charge in [-0.05, 0) is 18.6 Å². The lowest BCUT2D eigenvalue weighted by Gasteiger charge is -1.96. The van der Waals surface area contributed by atoms with E-state index < -0.39 is 0 Å². The first kappa shape index (κ1) is 8.05. The van der Waals surface area contributed by atoms with Crippen molar-refractivity contribution in [2.24, 2.45) is 4.40 Å². The Bertz CT molecular complexity index is 292. The van der Waals surface area contributed by atoms with Gasteiger partial charge in [-0.3, -0.25) is 0 Å². The Hall–Kier alpha value is -1.05. The normalized spacial score (nSPS) is 8.82. The van der Waals surface area contributed by atoms with E-state index in [1.165, 1.54) is 6.08 Å². The van der Waals surface area contributed by atoms with E-state index in [-0.39, 0.29) is 0 Å². The lowest BCUT2D eigenvalue weighted by molar-refractivity contribution is 0.566. The molecule has 0 unspecified atom stereocenters. The van der Waals surface area contributed by atoms with E-state index in [2.05, 4.69) is 4.40 Å². The van der Waals surface area contributed by atoms with Crippen LogP contribution in [0.15, 0.2) is 33.6 Å². The molecule has 0 spiro atoms. The lowest BCUT2D eigenvalue weighted by atomic mass is 10.2. The standard InChI is InChI=1S/C8H7NOS/c1-7-4-2-3-5-8(7)11-9-6-10/h2-5H,1H3. The van der Waals surface area contributed by atoms with Gasteiger partial charge in [-0.25, -0.2) is 4.79 Å². The molecule has 56 valence electrons. The monoisotopic (exact) mass is 165 g/mol. The van der Waals surface area contributed by atoms with Crippen molar-refractivity contribution in [3.63, 3.8) is 0 Å². The van der Waals surface area contributed by atoms with Gasteiger partial charge in [-0.1, -0.05) is 18.2 Å². The number of rotatable bonds is 2. The van der Waals surface area contributed by atoms with Gasteiger partial charge in [0.1, 0.15) is 0 Å². The van der Waals surface area contributed by atoms with Crippen LogP contribution in [0.4, 0.5) is 0 Å². The maximum atomic E-state index is 9.78. The molecule has 1 aromatic carbocycles. The van der Waals surface area contributed by atoms with Crippen LogP contribution >= 0.6 is 11.9 Å². The predicted octanol–water partition coefficient (Wildman–Crippen LogP) is 2.34. The first-order chi connectivity index (χ1) is 5.34. The second-order valence-electron chi connectivity index (χ2n) is 2.04. The van der Waals surface area contributed by atoms with Crippen LogP contribution in [-0.4, -0.2) is 6.08 Å². The van der Waals surface area contributed by atoms with E-state index in [1.807, 2.05) is 31.2 Å². The maximum Gasteiger partial charge on any atom is 0.247 e. The van der Waals surface area contributed by atoms with Crippen LogP contribution in [0, 0.1) is 6.92 Å². The lowest BCUT2D eigenvalue weighted by Crippen LogP contribution is -1.74. The smallest absolute Gasteiger partial charge is 0.210 e. The molecule has 0 N–H and O–H groups in total. The van der Waals surface area contributed by atoms with Crippen molar-refractivity contribution in [1.82, 2.24) is 0 Å². The minimum Gasteiger partial charge on any atom is -0.210 e. The minimum absolute atomic E-state index is 0.996. The molecule has 1 aromatic rings. The van der Waals surface area contributed by atoms with Crippen molar-refractivity contribution in [2.45, 2.75) is 11.8 Å². The van der Waals surface area contributed by atoms with Crippen molar-refractivity contribution in [2.75, 3.05) is 0 Å². The van der Waals surface area contributed by atoms with Crippen molar-refractivity contribution in [3.05, 3.63) is 29.8 Å². The van der Waals surface area contributed by atoms with E-state index in [9.17, 15) is 4.79 Å². The number of carbonyl (C=O) groups excluding carboxylic acids is 1. The van der Waals surface area contributed by atoms with Gasteiger partial charge in [0, 0.05) is 16.8 Å². The summed E-state index contributed by atoms with van der Waals surface area (Å²) in [6.45, 7) is 1.97. The number of hydrogen-bond donors (Lipinski definition) is 0. The summed E-state index contributed by atoms with van der Waals surface area (Å²) in [5, 5.41) is 0. The van der Waals surface area contributed by atoms with E-state index in [0.29, 0.717) is 0 Å². The molecule has 0 amide bonds. The molecule has 2 nitrogen and oxygen atoms in total. The Balaban J connectivity index is 2.85. The maximum absolute atomic E-state index is 9.78. The molecule has 11 heavy (non-hydrogen) atoms. The van der Waals surface area contributed by atoms with Crippen LogP contribution in [0.2, 0.25) is 0 Å². The first-order valence-electron chi connectivity index (χ1n) is 3.14. The highest BCUT2D eigenvalue weighted by Gasteiger charge is 1.94. The quantitative estimate of drug-likeness (QED) is 0.382. The van der Waals surface area contributed by atoms with Gasteiger partial charge in [0.15, 0.2) is 0 Å². The van der Waals surface area contributed by atoms with Crippen molar-refractivity contribution < 1.29 is 4.79 Å². The Kier molecular flexibility index (Phi) is 2.90. The molecule has 0 aliphatic carbocycles. The number of aryl methyl sites for hydroxylation is 1. The van der Waals surface area contributed by atoms with Crippen LogP contribution in [-0.2, 0) is 4.79 Å². The van der Waals surface area contributed by atoms with Gasteiger partial charge in [-0.15, -0.1) is 4.40 Å². The molecule has 0 aliphatic heterocycles. The third kappa shape index (κ3) is 2.22. The van der Waals surface area contributed by atoms with Gasteiger partial charge in [0.25, 0.3) is 0 Å². The number of hydrogen-bond acceptors (Lipinski definition) is 3. The Morgan fingerprint density at radius 2 is 2.18 bits per heavy atom. The molecule has 0 bridgehead atoms. The summed E-state index contributed by atoms with van der Waals surface area (Å²) in [6.07, 6.45) is 1.48. The third-order valence-corrected chi connectivity index (χ3v) is 2.10. The molecule has 0 saturated heterocycles. The summed E-state index contributed by atoms with van der Waals surface area (Å²) in [7, 11) is 0. The molecule has 0 aliphatic rings. The van der Waals surface area contributed by atoms with Crippen LogP contribution in [0.3, 0.4) is 0 Å². The van der Waals surface area contributed by atoms with Gasteiger partial charge >= 0.3 is 0 Å². The molecule has 1 rings (SSSR count). The van der Waals surface area contributed by atoms with E-state index in [0.717, 1.165) is 22.4 Å². The summed E-state index contributed by atoms with van der Waals surface area (Å²) in [5.74, 6) is 0. The summed E-state index contributed by atoms with van der Waals surface area (Å²) in [6, 6.07) is 7.75. The van der Waals surface area contributed by atoms with Crippen LogP contribution in [0.25, 0.3) is 0 Å². The topological polar surface area (TPSA) is 29.4 Å². The van der Waals surface area contributed by atoms with Crippen molar-refractivity contribution in [1.29, 1.82) is 0 Å². The van der Waals surface area contributed by atoms with Crippen LogP contribution in [0.1, 0.15) is 5.56 Å². The Morgan fingerprint density at radius 3 is 2.82 bits per heavy atom. The third-order valence-electron chi connectivity index (χ3n) is 1.27. The SMILES string of the molecule is Cc1ccccc1SN=C=O. The fraction of sp³-hybridized carbons (Fsp3) is 0.125. The minimum atomic E-state index is 0.996. The second kappa shape index (κ2) is 3.96. The Morgan fingerprint density at radius 1 is 1.45 bits per heavy atom. The Labute approximate surface area is 69.5 Å². The fourth-order valence-corrected chi connectivity index (χ4v) is 1.21. The molecule has 0 fully saturated rings. The first-order valence-corrected chi connectivity index (χ1v) is 3.92. The predicted molar refractivity (Wildman–Crippen MR) is 45.2 cm³/mol. The van der Waals surface area contributed by atoms with E-state index in [1.54, 1.807) is 0 Å². The van der Waals surface area contributed by atoms with Crippen molar-refractivity contribution >= 4 is 18.0 Å². The molecule has 0 heterocycles. The average Bonchev–Trinajstić information content (AvgIpc) is 2.03.